The van der Waals surface area contributed by atoms with Crippen LogP contribution in [0.3, 0.4) is 0 Å². The second-order valence-electron chi connectivity index (χ2n) is 6.78. The molecule has 30 heavy (non-hydrogen) atoms. The number of rotatable bonds is 7. The lowest BCUT2D eigenvalue weighted by Gasteiger charge is -2.14. The van der Waals surface area contributed by atoms with Gasteiger partial charge in [0.15, 0.2) is 6.10 Å². The highest BCUT2D eigenvalue weighted by Crippen LogP contribution is 2.20. The Balaban J connectivity index is 1.62. The van der Waals surface area contributed by atoms with E-state index in [4.69, 9.17) is 4.74 Å². The number of nitro groups is 1. The molecular weight excluding hydrogens is 384 g/mol. The highest BCUT2D eigenvalue weighted by Gasteiger charge is 2.17. The maximum absolute atomic E-state index is 12.5. The molecule has 7 heteroatoms. The lowest BCUT2D eigenvalue weighted by atomic mass is 10.1. The van der Waals surface area contributed by atoms with Crippen molar-refractivity contribution in [2.24, 2.45) is 0 Å². The zero-order valence-corrected chi connectivity index (χ0v) is 16.5. The lowest BCUT2D eigenvalue weighted by molar-refractivity contribution is -0.384. The van der Waals surface area contributed by atoms with Gasteiger partial charge >= 0.3 is 0 Å². The van der Waals surface area contributed by atoms with Crippen LogP contribution in [-0.4, -0.2) is 22.7 Å². The van der Waals surface area contributed by atoms with Gasteiger partial charge in [0.05, 0.1) is 4.92 Å². The van der Waals surface area contributed by atoms with Crippen molar-refractivity contribution in [1.82, 2.24) is 0 Å². The fourth-order valence-electron chi connectivity index (χ4n) is 2.79. The zero-order valence-electron chi connectivity index (χ0n) is 16.5. The predicted octanol–water partition coefficient (Wildman–Crippen LogP) is 4.81. The Bertz CT molecular complexity index is 1080. The minimum absolute atomic E-state index is 0.127. The van der Waals surface area contributed by atoms with E-state index in [0.29, 0.717) is 17.0 Å². The third-order valence-electron chi connectivity index (χ3n) is 4.45. The second kappa shape index (κ2) is 9.00. The van der Waals surface area contributed by atoms with Crippen LogP contribution in [0.15, 0.2) is 72.8 Å². The zero-order chi connectivity index (χ0) is 21.7. The normalized spacial score (nSPS) is 11.4. The van der Waals surface area contributed by atoms with Crippen LogP contribution < -0.4 is 10.1 Å². The van der Waals surface area contributed by atoms with E-state index >= 15 is 0 Å². The first kappa shape index (κ1) is 20.7. The number of carbonyl (C=O) groups excluding carboxylic acids is 2. The largest absolute Gasteiger partial charge is 0.483 e. The summed E-state index contributed by atoms with van der Waals surface area (Å²) in [7, 11) is 0. The molecule has 3 aromatic carbocycles. The first-order chi connectivity index (χ1) is 14.3. The first-order valence-corrected chi connectivity index (χ1v) is 9.27. The summed E-state index contributed by atoms with van der Waals surface area (Å²) >= 11 is 0. The van der Waals surface area contributed by atoms with Gasteiger partial charge in [-0.05, 0) is 44.2 Å². The molecule has 0 spiro atoms. The number of ether oxygens (including phenoxy) is 1. The number of nitrogens with one attached hydrogen (secondary N) is 1. The molecule has 0 saturated carbocycles. The van der Waals surface area contributed by atoms with Gasteiger partial charge in [0, 0.05) is 28.9 Å². The van der Waals surface area contributed by atoms with E-state index in [1.165, 1.54) is 24.3 Å². The number of nitrogens with zero attached hydrogens (tertiary/aromatic N) is 1. The molecule has 1 atom stereocenters. The molecule has 3 rings (SSSR count). The Kier molecular flexibility index (Phi) is 6.22. The van der Waals surface area contributed by atoms with E-state index in [9.17, 15) is 19.7 Å². The Labute approximate surface area is 173 Å². The average molecular weight is 404 g/mol. The van der Waals surface area contributed by atoms with E-state index in [1.807, 2.05) is 19.1 Å². The minimum Gasteiger partial charge on any atom is -0.483 e. The molecular formula is C23H20N2O5. The summed E-state index contributed by atoms with van der Waals surface area (Å²) < 4.78 is 5.71. The summed E-state index contributed by atoms with van der Waals surface area (Å²) in [6, 6.07) is 19.3. The van der Waals surface area contributed by atoms with Gasteiger partial charge in [-0.3, -0.25) is 19.7 Å². The number of benzene rings is 3. The molecule has 0 aliphatic carbocycles. The monoisotopic (exact) mass is 404 g/mol. The van der Waals surface area contributed by atoms with E-state index < -0.39 is 16.9 Å². The van der Waals surface area contributed by atoms with Crippen LogP contribution in [0.5, 0.6) is 5.75 Å². The molecule has 0 bridgehead atoms. The number of non-ortho nitro benzene ring substituents is 1. The average Bonchev–Trinajstić information content (AvgIpc) is 2.75. The van der Waals surface area contributed by atoms with Crippen molar-refractivity contribution in [3.8, 4) is 5.75 Å². The van der Waals surface area contributed by atoms with E-state index in [2.05, 4.69) is 5.32 Å². The van der Waals surface area contributed by atoms with Crippen molar-refractivity contribution in [3.63, 3.8) is 0 Å². The van der Waals surface area contributed by atoms with Crippen LogP contribution in [0.25, 0.3) is 0 Å². The number of hydrogen-bond acceptors (Lipinski definition) is 5. The molecule has 1 N–H and O–H groups in total. The van der Waals surface area contributed by atoms with Gasteiger partial charge in [0.25, 0.3) is 11.6 Å². The van der Waals surface area contributed by atoms with Gasteiger partial charge in [-0.2, -0.15) is 0 Å². The van der Waals surface area contributed by atoms with Crippen molar-refractivity contribution in [3.05, 3.63) is 99.6 Å². The maximum atomic E-state index is 12.5. The summed E-state index contributed by atoms with van der Waals surface area (Å²) in [5, 5.41) is 13.5. The number of Topliss-reactive ketones (excluding diaryl/α,β-unsaturated/α-hetero) is 1. The van der Waals surface area contributed by atoms with Crippen molar-refractivity contribution in [1.29, 1.82) is 0 Å². The van der Waals surface area contributed by atoms with Gasteiger partial charge in [-0.25, -0.2) is 0 Å². The number of anilines is 1. The summed E-state index contributed by atoms with van der Waals surface area (Å²) in [4.78, 5) is 35.1. The quantitative estimate of drug-likeness (QED) is 0.346. The lowest BCUT2D eigenvalue weighted by Crippen LogP contribution is -2.23. The first-order valence-electron chi connectivity index (χ1n) is 9.27. The van der Waals surface area contributed by atoms with Crippen LogP contribution >= 0.6 is 0 Å². The second-order valence-corrected chi connectivity index (χ2v) is 6.78. The number of ketones is 1. The van der Waals surface area contributed by atoms with Crippen LogP contribution in [-0.2, 0) is 0 Å². The molecule has 0 unspecified atom stereocenters. The Hall–Kier alpha value is -4.00. The van der Waals surface area contributed by atoms with E-state index in [-0.39, 0.29) is 17.0 Å². The molecule has 152 valence electrons. The highest BCUT2D eigenvalue weighted by atomic mass is 16.6. The van der Waals surface area contributed by atoms with Gasteiger partial charge < -0.3 is 10.1 Å². The Morgan fingerprint density at radius 1 is 0.967 bits per heavy atom. The van der Waals surface area contributed by atoms with Crippen molar-refractivity contribution in [2.45, 2.75) is 20.0 Å². The van der Waals surface area contributed by atoms with Gasteiger partial charge in [0.2, 0.25) is 5.78 Å². The van der Waals surface area contributed by atoms with Crippen molar-refractivity contribution in [2.75, 3.05) is 5.32 Å². The number of hydrogen-bond donors (Lipinski definition) is 1. The number of nitro benzene ring substituents is 1. The Morgan fingerprint density at radius 3 is 2.27 bits per heavy atom. The minimum atomic E-state index is -0.669. The molecule has 0 radical (unpaired) electrons. The van der Waals surface area contributed by atoms with E-state index in [0.717, 1.165) is 5.56 Å². The maximum Gasteiger partial charge on any atom is 0.270 e. The fourth-order valence-corrected chi connectivity index (χ4v) is 2.79. The number of aryl methyl sites for hydroxylation is 1. The van der Waals surface area contributed by atoms with Crippen molar-refractivity contribution >= 4 is 23.1 Å². The molecule has 0 saturated heterocycles. The molecule has 3 aromatic rings. The third kappa shape index (κ3) is 5.08. The standard InChI is InChI=1S/C23H20N2O5/c1-15-6-8-17(9-7-15)22(26)16(2)30-21-12-10-19(11-13-21)24-23(27)18-4-3-5-20(14-18)25(28)29/h3-14,16H,1-2H3,(H,24,27)/t16-/m1/s1. The number of amides is 1. The smallest absolute Gasteiger partial charge is 0.270 e. The summed E-state index contributed by atoms with van der Waals surface area (Å²) in [5.74, 6) is -0.107. The van der Waals surface area contributed by atoms with Crippen LogP contribution in [0.2, 0.25) is 0 Å². The van der Waals surface area contributed by atoms with Crippen LogP contribution in [0.4, 0.5) is 11.4 Å². The van der Waals surface area contributed by atoms with Gasteiger partial charge in [-0.1, -0.05) is 35.9 Å². The van der Waals surface area contributed by atoms with Crippen LogP contribution in [0, 0.1) is 17.0 Å². The third-order valence-corrected chi connectivity index (χ3v) is 4.45. The molecule has 7 nitrogen and oxygen atoms in total. The van der Waals surface area contributed by atoms with Crippen molar-refractivity contribution < 1.29 is 19.2 Å². The molecule has 1 amide bonds. The predicted molar refractivity (Wildman–Crippen MR) is 113 cm³/mol. The summed E-state index contributed by atoms with van der Waals surface area (Å²) in [6.45, 7) is 3.63. The highest BCUT2D eigenvalue weighted by molar-refractivity contribution is 6.04. The molecule has 0 aromatic heterocycles. The van der Waals surface area contributed by atoms with Crippen LogP contribution in [0.1, 0.15) is 33.2 Å². The van der Waals surface area contributed by atoms with Gasteiger partial charge in [0.1, 0.15) is 5.75 Å². The number of carbonyl (C=O) groups is 2. The van der Waals surface area contributed by atoms with Gasteiger partial charge in [-0.15, -0.1) is 0 Å². The molecule has 0 aliphatic heterocycles. The summed E-state index contributed by atoms with van der Waals surface area (Å²) in [6.07, 6.45) is -0.669. The molecule has 0 fully saturated rings. The SMILES string of the molecule is Cc1ccc(C(=O)[C@@H](C)Oc2ccc(NC(=O)c3cccc([N+](=O)[O-])c3)cc2)cc1. The topological polar surface area (TPSA) is 98.5 Å². The molecule has 0 heterocycles. The summed E-state index contributed by atoms with van der Waals surface area (Å²) in [5.41, 5.74) is 2.17. The fraction of sp³-hybridized carbons (Fsp3) is 0.130. The molecule has 0 aliphatic rings. The Morgan fingerprint density at radius 2 is 1.63 bits per heavy atom. The van der Waals surface area contributed by atoms with E-state index in [1.54, 1.807) is 43.3 Å².